The van der Waals surface area contributed by atoms with Crippen molar-refractivity contribution in [1.29, 1.82) is 0 Å². The lowest BCUT2D eigenvalue weighted by Crippen LogP contribution is -2.53. The van der Waals surface area contributed by atoms with Gasteiger partial charge >= 0.3 is 0 Å². The number of hydrogen-bond acceptors (Lipinski definition) is 3. The molecule has 1 aromatic rings. The first-order valence-electron chi connectivity index (χ1n) is 7.55. The fourth-order valence-electron chi connectivity index (χ4n) is 3.42. The zero-order valence-corrected chi connectivity index (χ0v) is 13.3. The van der Waals surface area contributed by atoms with Crippen molar-refractivity contribution < 1.29 is 9.59 Å². The van der Waals surface area contributed by atoms with Gasteiger partial charge in [-0.05, 0) is 18.1 Å². The molecule has 1 aromatic carbocycles. The smallest absolute Gasteiger partial charge is 0.237 e. The second-order valence-electron chi connectivity index (χ2n) is 6.09. The first kappa shape index (κ1) is 15.3. The number of nitrogens with one attached hydrogen (secondary N) is 1. The quantitative estimate of drug-likeness (QED) is 0.912. The van der Waals surface area contributed by atoms with Gasteiger partial charge in [-0.3, -0.25) is 14.5 Å². The van der Waals surface area contributed by atoms with Crippen LogP contribution < -0.4 is 5.32 Å². The normalized spacial score (nSPS) is 25.2. The molecule has 5 nitrogen and oxygen atoms in total. The van der Waals surface area contributed by atoms with Gasteiger partial charge in [0.2, 0.25) is 11.8 Å². The molecule has 3 rings (SSSR count). The van der Waals surface area contributed by atoms with Gasteiger partial charge in [0.1, 0.15) is 0 Å². The number of carbonyl (C=O) groups is 2. The summed E-state index contributed by atoms with van der Waals surface area (Å²) in [5.74, 6) is 0.0985. The van der Waals surface area contributed by atoms with Gasteiger partial charge in [-0.25, -0.2) is 0 Å². The number of amides is 2. The van der Waals surface area contributed by atoms with E-state index in [2.05, 4.69) is 10.2 Å². The van der Waals surface area contributed by atoms with Crippen LogP contribution in [0.25, 0.3) is 0 Å². The molecule has 0 aromatic heterocycles. The molecule has 0 spiro atoms. The maximum atomic E-state index is 12.3. The fraction of sp³-hybridized carbons (Fsp3) is 0.500. The van der Waals surface area contributed by atoms with Crippen molar-refractivity contribution in [3.8, 4) is 0 Å². The van der Waals surface area contributed by atoms with Gasteiger partial charge in [-0.2, -0.15) is 0 Å². The van der Waals surface area contributed by atoms with E-state index in [1.54, 1.807) is 0 Å². The molecule has 2 aliphatic heterocycles. The van der Waals surface area contributed by atoms with Crippen LogP contribution in [-0.4, -0.2) is 53.3 Å². The Hall–Kier alpha value is -1.59. The maximum absolute atomic E-state index is 12.3. The first-order valence-corrected chi connectivity index (χ1v) is 7.93. The van der Waals surface area contributed by atoms with Crippen molar-refractivity contribution in [3.05, 3.63) is 34.9 Å². The lowest BCUT2D eigenvalue weighted by Gasteiger charge is -2.37. The fourth-order valence-corrected chi connectivity index (χ4v) is 3.62. The van der Waals surface area contributed by atoms with E-state index in [0.717, 1.165) is 23.6 Å². The zero-order valence-electron chi connectivity index (χ0n) is 12.6. The number of carbonyl (C=O) groups excluding carboxylic acids is 2. The standard InChI is InChI=1S/C16H20ClN3O2/c1-11(21)18-13-6-14-9-19(10-16(22)20(14)8-13)7-12-4-2-3-5-15(12)17/h2-5,13-14H,6-10H2,1H3,(H,18,21). The summed E-state index contributed by atoms with van der Waals surface area (Å²) in [5, 5.41) is 3.66. The molecule has 2 fully saturated rings. The Labute approximate surface area is 135 Å². The van der Waals surface area contributed by atoms with E-state index in [1.165, 1.54) is 6.92 Å². The second-order valence-corrected chi connectivity index (χ2v) is 6.50. The third-order valence-electron chi connectivity index (χ3n) is 4.32. The Morgan fingerprint density at radius 1 is 1.36 bits per heavy atom. The predicted molar refractivity (Wildman–Crippen MR) is 84.5 cm³/mol. The van der Waals surface area contributed by atoms with Crippen LogP contribution in [0, 0.1) is 0 Å². The Kier molecular flexibility index (Phi) is 4.36. The molecule has 0 aliphatic carbocycles. The van der Waals surface area contributed by atoms with Crippen LogP contribution in [0.1, 0.15) is 18.9 Å². The summed E-state index contributed by atoms with van der Waals surface area (Å²) in [7, 11) is 0. The highest BCUT2D eigenvalue weighted by atomic mass is 35.5. The van der Waals surface area contributed by atoms with Crippen molar-refractivity contribution in [2.45, 2.75) is 32.0 Å². The molecule has 2 saturated heterocycles. The van der Waals surface area contributed by atoms with Crippen LogP contribution in [0.5, 0.6) is 0 Å². The highest BCUT2D eigenvalue weighted by molar-refractivity contribution is 6.31. The number of nitrogens with zero attached hydrogens (tertiary/aromatic N) is 2. The summed E-state index contributed by atoms with van der Waals surface area (Å²) < 4.78 is 0. The third-order valence-corrected chi connectivity index (χ3v) is 4.69. The van der Waals surface area contributed by atoms with Gasteiger partial charge < -0.3 is 10.2 Å². The average Bonchev–Trinajstić information content (AvgIpc) is 2.83. The number of rotatable bonds is 3. The number of benzene rings is 1. The molecule has 0 bridgehead atoms. The van der Waals surface area contributed by atoms with Crippen molar-refractivity contribution in [2.24, 2.45) is 0 Å². The molecule has 6 heteroatoms. The molecule has 0 radical (unpaired) electrons. The minimum absolute atomic E-state index is 0.0368. The highest BCUT2D eigenvalue weighted by Gasteiger charge is 2.40. The summed E-state index contributed by atoms with van der Waals surface area (Å²) in [6, 6.07) is 7.99. The molecule has 22 heavy (non-hydrogen) atoms. The lowest BCUT2D eigenvalue weighted by molar-refractivity contribution is -0.138. The SMILES string of the molecule is CC(=O)NC1CC2CN(Cc3ccccc3Cl)CC(=O)N2C1. The topological polar surface area (TPSA) is 52.7 Å². The van der Waals surface area contributed by atoms with Gasteiger partial charge in [-0.15, -0.1) is 0 Å². The molecule has 2 atom stereocenters. The summed E-state index contributed by atoms with van der Waals surface area (Å²) in [6.45, 7) is 4.06. The molecular formula is C16H20ClN3O2. The Balaban J connectivity index is 1.65. The molecule has 2 unspecified atom stereocenters. The molecule has 0 saturated carbocycles. The molecule has 2 amide bonds. The van der Waals surface area contributed by atoms with Gasteiger partial charge in [0.15, 0.2) is 0 Å². The van der Waals surface area contributed by atoms with Gasteiger partial charge in [0.25, 0.3) is 0 Å². The predicted octanol–water partition coefficient (Wildman–Crippen LogP) is 1.26. The van der Waals surface area contributed by atoms with E-state index in [-0.39, 0.29) is 23.9 Å². The van der Waals surface area contributed by atoms with E-state index >= 15 is 0 Å². The average molecular weight is 322 g/mol. The molecule has 2 aliphatic rings. The number of piperazine rings is 1. The molecule has 2 heterocycles. The van der Waals surface area contributed by atoms with Crippen LogP contribution in [0.3, 0.4) is 0 Å². The van der Waals surface area contributed by atoms with E-state index in [9.17, 15) is 9.59 Å². The van der Waals surface area contributed by atoms with Crippen molar-refractivity contribution in [1.82, 2.24) is 15.1 Å². The number of hydrogen-bond donors (Lipinski definition) is 1. The third kappa shape index (κ3) is 3.25. The Morgan fingerprint density at radius 2 is 2.14 bits per heavy atom. The van der Waals surface area contributed by atoms with Crippen LogP contribution in [0.4, 0.5) is 0 Å². The van der Waals surface area contributed by atoms with Crippen molar-refractivity contribution in [3.63, 3.8) is 0 Å². The summed E-state index contributed by atoms with van der Waals surface area (Å²) in [6.07, 6.45) is 0.824. The van der Waals surface area contributed by atoms with Crippen molar-refractivity contribution >= 4 is 23.4 Å². The number of fused-ring (bicyclic) bond motifs is 1. The Morgan fingerprint density at radius 3 is 2.86 bits per heavy atom. The second kappa shape index (κ2) is 6.26. The highest BCUT2D eigenvalue weighted by Crippen LogP contribution is 2.25. The summed E-state index contributed by atoms with van der Waals surface area (Å²) in [5.41, 5.74) is 1.04. The van der Waals surface area contributed by atoms with Crippen LogP contribution in [0.2, 0.25) is 5.02 Å². The lowest BCUT2D eigenvalue weighted by atomic mass is 10.1. The van der Waals surface area contributed by atoms with Crippen LogP contribution in [0.15, 0.2) is 24.3 Å². The largest absolute Gasteiger partial charge is 0.352 e. The van der Waals surface area contributed by atoms with E-state index in [1.807, 2.05) is 29.2 Å². The van der Waals surface area contributed by atoms with E-state index in [0.29, 0.717) is 19.6 Å². The number of halogens is 1. The van der Waals surface area contributed by atoms with Gasteiger partial charge in [-0.1, -0.05) is 29.8 Å². The van der Waals surface area contributed by atoms with Crippen LogP contribution >= 0.6 is 11.6 Å². The maximum Gasteiger partial charge on any atom is 0.237 e. The van der Waals surface area contributed by atoms with Gasteiger partial charge in [0, 0.05) is 43.7 Å². The van der Waals surface area contributed by atoms with Crippen molar-refractivity contribution in [2.75, 3.05) is 19.6 Å². The van der Waals surface area contributed by atoms with E-state index < -0.39 is 0 Å². The molecule has 118 valence electrons. The van der Waals surface area contributed by atoms with Gasteiger partial charge in [0.05, 0.1) is 6.54 Å². The van der Waals surface area contributed by atoms with E-state index in [4.69, 9.17) is 11.6 Å². The molecular weight excluding hydrogens is 302 g/mol. The molecule has 1 N–H and O–H groups in total. The zero-order chi connectivity index (χ0) is 15.7. The first-order chi connectivity index (χ1) is 10.5. The minimum atomic E-state index is -0.0368. The summed E-state index contributed by atoms with van der Waals surface area (Å²) >= 11 is 6.20. The Bertz CT molecular complexity index is 593. The summed E-state index contributed by atoms with van der Waals surface area (Å²) in [4.78, 5) is 27.6. The minimum Gasteiger partial charge on any atom is -0.352 e. The van der Waals surface area contributed by atoms with Crippen LogP contribution in [-0.2, 0) is 16.1 Å². The monoisotopic (exact) mass is 321 g/mol.